The van der Waals surface area contributed by atoms with Crippen molar-refractivity contribution < 1.29 is 4.74 Å². The molecule has 1 aromatic rings. The van der Waals surface area contributed by atoms with Crippen molar-refractivity contribution in [2.24, 2.45) is 11.7 Å². The molecular weight excluding hydrogens is 336 g/mol. The number of thiophene rings is 1. The first-order valence-corrected chi connectivity index (χ1v) is 8.66. The van der Waals surface area contributed by atoms with E-state index in [0.29, 0.717) is 5.92 Å². The average Bonchev–Trinajstić information content (AvgIpc) is 2.74. The molecule has 0 aliphatic carbocycles. The summed E-state index contributed by atoms with van der Waals surface area (Å²) < 4.78 is 7.32. The van der Waals surface area contributed by atoms with Crippen LogP contribution in [0, 0.1) is 5.92 Å². The van der Waals surface area contributed by atoms with Gasteiger partial charge in [0.25, 0.3) is 0 Å². The lowest BCUT2D eigenvalue weighted by Crippen LogP contribution is -2.47. The molecule has 1 saturated heterocycles. The quantitative estimate of drug-likeness (QED) is 0.893. The predicted molar refractivity (Wildman–Crippen MR) is 89.1 cm³/mol. The zero-order chi connectivity index (χ0) is 15.1. The lowest BCUT2D eigenvalue weighted by molar-refractivity contribution is -0.0781. The molecule has 0 bridgehead atoms. The molecule has 1 fully saturated rings. The van der Waals surface area contributed by atoms with Crippen molar-refractivity contribution in [2.75, 3.05) is 13.6 Å². The Balaban J connectivity index is 2.01. The van der Waals surface area contributed by atoms with Gasteiger partial charge in [0.1, 0.15) is 0 Å². The predicted octanol–water partition coefficient (Wildman–Crippen LogP) is 3.47. The lowest BCUT2D eigenvalue weighted by atomic mass is 9.83. The van der Waals surface area contributed by atoms with E-state index in [9.17, 15) is 0 Å². The standard InChI is InChI=1S/C15H25BrN2OS/c1-14(2)12(13(17)15(3,4)19-14)8-18(5)7-11-6-10(16)9-20-11/h6,9,12-13H,7-8,17H2,1-5H3. The van der Waals surface area contributed by atoms with E-state index in [1.54, 1.807) is 11.3 Å². The minimum absolute atomic E-state index is 0.0648. The zero-order valence-electron chi connectivity index (χ0n) is 12.9. The van der Waals surface area contributed by atoms with Gasteiger partial charge >= 0.3 is 0 Å². The maximum absolute atomic E-state index is 6.42. The lowest BCUT2D eigenvalue weighted by Gasteiger charge is -2.31. The Morgan fingerprint density at radius 1 is 1.35 bits per heavy atom. The Kier molecular flexibility index (Phi) is 4.67. The zero-order valence-corrected chi connectivity index (χ0v) is 15.3. The third kappa shape index (κ3) is 3.45. The fraction of sp³-hybridized carbons (Fsp3) is 0.733. The van der Waals surface area contributed by atoms with Crippen molar-refractivity contribution in [2.45, 2.75) is 51.5 Å². The van der Waals surface area contributed by atoms with Gasteiger partial charge in [0.15, 0.2) is 0 Å². The molecule has 20 heavy (non-hydrogen) atoms. The summed E-state index contributed by atoms with van der Waals surface area (Å²) in [5.41, 5.74) is 6.00. The highest BCUT2D eigenvalue weighted by molar-refractivity contribution is 9.10. The van der Waals surface area contributed by atoms with Crippen molar-refractivity contribution in [3.05, 3.63) is 20.8 Å². The Bertz CT molecular complexity index is 472. The van der Waals surface area contributed by atoms with Crippen LogP contribution in [0.3, 0.4) is 0 Å². The third-order valence-electron chi connectivity index (χ3n) is 4.21. The summed E-state index contributed by atoms with van der Waals surface area (Å²) in [5.74, 6) is 0.339. The Morgan fingerprint density at radius 3 is 2.45 bits per heavy atom. The molecule has 3 nitrogen and oxygen atoms in total. The van der Waals surface area contributed by atoms with Gasteiger partial charge in [-0.25, -0.2) is 0 Å². The monoisotopic (exact) mass is 360 g/mol. The van der Waals surface area contributed by atoms with Crippen LogP contribution in [0.2, 0.25) is 0 Å². The van der Waals surface area contributed by atoms with Crippen LogP contribution in [0.4, 0.5) is 0 Å². The van der Waals surface area contributed by atoms with Crippen molar-refractivity contribution in [1.82, 2.24) is 4.90 Å². The molecule has 1 aromatic heterocycles. The molecule has 2 heterocycles. The number of ether oxygens (including phenoxy) is 1. The molecule has 0 aromatic carbocycles. The van der Waals surface area contributed by atoms with Crippen molar-refractivity contribution in [3.8, 4) is 0 Å². The SMILES string of the molecule is CN(Cc1cc(Br)cs1)CC1C(N)C(C)(C)OC1(C)C. The second-order valence-corrected chi connectivity index (χ2v) is 8.78. The molecule has 2 unspecified atom stereocenters. The molecule has 2 rings (SSSR count). The van der Waals surface area contributed by atoms with E-state index in [-0.39, 0.29) is 17.2 Å². The van der Waals surface area contributed by atoms with Crippen molar-refractivity contribution in [1.29, 1.82) is 0 Å². The van der Waals surface area contributed by atoms with E-state index in [1.807, 2.05) is 0 Å². The third-order valence-corrected chi connectivity index (χ3v) is 5.89. The van der Waals surface area contributed by atoms with Crippen LogP contribution in [0.5, 0.6) is 0 Å². The Morgan fingerprint density at radius 2 is 2.00 bits per heavy atom. The number of nitrogens with zero attached hydrogens (tertiary/aromatic N) is 1. The van der Waals surface area contributed by atoms with Gasteiger partial charge in [0.05, 0.1) is 11.2 Å². The summed E-state index contributed by atoms with van der Waals surface area (Å²) in [6.45, 7) is 10.4. The first kappa shape index (κ1) is 16.4. The van der Waals surface area contributed by atoms with Crippen LogP contribution in [0.15, 0.2) is 15.9 Å². The van der Waals surface area contributed by atoms with Crippen LogP contribution in [0.1, 0.15) is 32.6 Å². The van der Waals surface area contributed by atoms with E-state index in [2.05, 4.69) is 67.0 Å². The molecule has 5 heteroatoms. The molecule has 0 spiro atoms. The smallest absolute Gasteiger partial charge is 0.0788 e. The maximum atomic E-state index is 6.42. The molecule has 0 radical (unpaired) electrons. The molecule has 0 amide bonds. The number of halogens is 1. The summed E-state index contributed by atoms with van der Waals surface area (Å²) in [5, 5.41) is 2.13. The van der Waals surface area contributed by atoms with E-state index in [0.717, 1.165) is 17.6 Å². The van der Waals surface area contributed by atoms with E-state index in [4.69, 9.17) is 10.5 Å². The van der Waals surface area contributed by atoms with Gasteiger partial charge in [-0.2, -0.15) is 0 Å². The Hall–Kier alpha value is 0.0600. The van der Waals surface area contributed by atoms with E-state index >= 15 is 0 Å². The highest BCUT2D eigenvalue weighted by Crippen LogP contribution is 2.41. The molecule has 1 aliphatic rings. The van der Waals surface area contributed by atoms with Gasteiger partial charge in [-0.3, -0.25) is 0 Å². The van der Waals surface area contributed by atoms with Gasteiger partial charge in [-0.05, 0) is 56.7 Å². The number of hydrogen-bond acceptors (Lipinski definition) is 4. The van der Waals surface area contributed by atoms with Crippen LogP contribution in [-0.4, -0.2) is 35.7 Å². The topological polar surface area (TPSA) is 38.5 Å². The number of nitrogens with two attached hydrogens (primary N) is 1. The first-order chi connectivity index (χ1) is 9.12. The molecule has 0 saturated carbocycles. The van der Waals surface area contributed by atoms with Crippen LogP contribution < -0.4 is 5.73 Å². The second kappa shape index (κ2) is 5.69. The van der Waals surface area contributed by atoms with Gasteiger partial charge in [0.2, 0.25) is 0 Å². The van der Waals surface area contributed by atoms with Crippen LogP contribution in [0.25, 0.3) is 0 Å². The summed E-state index contributed by atoms with van der Waals surface area (Å²) in [7, 11) is 2.15. The Labute approximate surface area is 134 Å². The minimum Gasteiger partial charge on any atom is -0.368 e. The number of hydrogen-bond donors (Lipinski definition) is 1. The van der Waals surface area contributed by atoms with Gasteiger partial charge in [0, 0.05) is 39.8 Å². The van der Waals surface area contributed by atoms with E-state index < -0.39 is 0 Å². The van der Waals surface area contributed by atoms with Crippen molar-refractivity contribution in [3.63, 3.8) is 0 Å². The van der Waals surface area contributed by atoms with Crippen molar-refractivity contribution >= 4 is 27.3 Å². The molecule has 114 valence electrons. The summed E-state index contributed by atoms with van der Waals surface area (Å²) >= 11 is 5.29. The summed E-state index contributed by atoms with van der Waals surface area (Å²) in [4.78, 5) is 3.71. The normalized spacial score (nSPS) is 28.2. The second-order valence-electron chi connectivity index (χ2n) is 6.87. The van der Waals surface area contributed by atoms with Gasteiger partial charge < -0.3 is 15.4 Å². The summed E-state index contributed by atoms with van der Waals surface area (Å²) in [6.07, 6.45) is 0. The van der Waals surface area contributed by atoms with Crippen LogP contribution in [-0.2, 0) is 11.3 Å². The van der Waals surface area contributed by atoms with E-state index in [1.165, 1.54) is 4.88 Å². The molecule has 2 atom stereocenters. The maximum Gasteiger partial charge on any atom is 0.0788 e. The molecule has 2 N–H and O–H groups in total. The fourth-order valence-electron chi connectivity index (χ4n) is 3.18. The highest BCUT2D eigenvalue weighted by Gasteiger charge is 2.52. The average molecular weight is 361 g/mol. The largest absolute Gasteiger partial charge is 0.368 e. The summed E-state index contributed by atoms with van der Waals surface area (Å²) in [6, 6.07) is 2.25. The van der Waals surface area contributed by atoms with Crippen LogP contribution >= 0.6 is 27.3 Å². The first-order valence-electron chi connectivity index (χ1n) is 6.99. The minimum atomic E-state index is -0.249. The van der Waals surface area contributed by atoms with Gasteiger partial charge in [-0.15, -0.1) is 11.3 Å². The molecular formula is C15H25BrN2OS. The highest BCUT2D eigenvalue weighted by atomic mass is 79.9. The fourth-order valence-corrected chi connectivity index (χ4v) is 4.71. The number of rotatable bonds is 4. The molecule has 1 aliphatic heterocycles. The van der Waals surface area contributed by atoms with Gasteiger partial charge in [-0.1, -0.05) is 0 Å².